The van der Waals surface area contributed by atoms with Crippen LogP contribution in [0.1, 0.15) is 0 Å². The molecule has 5 aromatic rings. The van der Waals surface area contributed by atoms with E-state index in [1.807, 2.05) is 12.1 Å². The minimum Gasteiger partial charge on any atom is -0.456 e. The summed E-state index contributed by atoms with van der Waals surface area (Å²) >= 11 is 3.55. The Morgan fingerprint density at radius 2 is 1.71 bits per heavy atom. The number of para-hydroxylation sites is 1. The van der Waals surface area contributed by atoms with Gasteiger partial charge < -0.3 is 9.40 Å². The molecule has 0 saturated heterocycles. The molecule has 2 nitrogen and oxygen atoms in total. The summed E-state index contributed by atoms with van der Waals surface area (Å²) in [5.74, 6) is 0. The van der Waals surface area contributed by atoms with Gasteiger partial charge in [-0.05, 0) is 36.4 Å². The highest BCUT2D eigenvalue weighted by Gasteiger charge is 2.13. The van der Waals surface area contributed by atoms with Crippen molar-refractivity contribution in [2.24, 2.45) is 0 Å². The smallest absolute Gasteiger partial charge is 0.137 e. The molecule has 100 valence electrons. The highest BCUT2D eigenvalue weighted by atomic mass is 79.9. The SMILES string of the molecule is Brc1ccc2[nH]c3c(ccc4oc5ccccc5c43)c2c1. The van der Waals surface area contributed by atoms with Gasteiger partial charge in [-0.1, -0.05) is 34.1 Å². The highest BCUT2D eigenvalue weighted by molar-refractivity contribution is 9.10. The molecule has 5 rings (SSSR count). The van der Waals surface area contributed by atoms with Gasteiger partial charge in [0, 0.05) is 26.1 Å². The minimum atomic E-state index is 0.925. The Bertz CT molecular complexity index is 1150. The molecular weight excluding hydrogens is 326 g/mol. The summed E-state index contributed by atoms with van der Waals surface area (Å²) in [7, 11) is 0. The van der Waals surface area contributed by atoms with Gasteiger partial charge in [-0.25, -0.2) is 0 Å². The number of hydrogen-bond donors (Lipinski definition) is 1. The van der Waals surface area contributed by atoms with Crippen LogP contribution in [-0.4, -0.2) is 4.98 Å². The van der Waals surface area contributed by atoms with Crippen LogP contribution in [0, 0.1) is 0 Å². The predicted octanol–water partition coefficient (Wildman–Crippen LogP) is 5.98. The van der Waals surface area contributed by atoms with Crippen LogP contribution in [0.3, 0.4) is 0 Å². The Labute approximate surface area is 128 Å². The zero-order chi connectivity index (χ0) is 14.0. The van der Waals surface area contributed by atoms with Crippen LogP contribution in [0.25, 0.3) is 43.7 Å². The summed E-state index contributed by atoms with van der Waals surface area (Å²) in [6.45, 7) is 0. The van der Waals surface area contributed by atoms with Crippen molar-refractivity contribution in [1.82, 2.24) is 4.98 Å². The molecule has 0 saturated carbocycles. The Balaban J connectivity index is 2.10. The van der Waals surface area contributed by atoms with Crippen molar-refractivity contribution in [3.63, 3.8) is 0 Å². The van der Waals surface area contributed by atoms with E-state index < -0.39 is 0 Å². The van der Waals surface area contributed by atoms with Crippen molar-refractivity contribution in [2.45, 2.75) is 0 Å². The first-order valence-electron chi connectivity index (χ1n) is 6.82. The maximum absolute atomic E-state index is 5.95. The number of fused-ring (bicyclic) bond motifs is 7. The largest absolute Gasteiger partial charge is 0.456 e. The standard InChI is InChI=1S/C18H10BrNO/c19-10-5-7-14-13(9-10)11-6-8-16-17(18(11)20-14)12-3-1-2-4-15(12)21-16/h1-9,20H. The molecule has 0 aliphatic rings. The Morgan fingerprint density at radius 1 is 0.810 bits per heavy atom. The Hall–Kier alpha value is -2.26. The molecule has 3 aromatic carbocycles. The number of nitrogens with one attached hydrogen (secondary N) is 1. The third-order valence-corrected chi connectivity index (χ3v) is 4.57. The third kappa shape index (κ3) is 1.47. The normalized spacial score (nSPS) is 12.0. The van der Waals surface area contributed by atoms with Gasteiger partial charge in [-0.15, -0.1) is 0 Å². The van der Waals surface area contributed by atoms with Gasteiger partial charge in [0.2, 0.25) is 0 Å². The fraction of sp³-hybridized carbons (Fsp3) is 0. The lowest BCUT2D eigenvalue weighted by atomic mass is 10.1. The first-order chi connectivity index (χ1) is 10.3. The lowest BCUT2D eigenvalue weighted by Gasteiger charge is -1.94. The van der Waals surface area contributed by atoms with Crippen LogP contribution in [-0.2, 0) is 0 Å². The van der Waals surface area contributed by atoms with E-state index in [2.05, 4.69) is 63.4 Å². The van der Waals surface area contributed by atoms with E-state index in [-0.39, 0.29) is 0 Å². The van der Waals surface area contributed by atoms with Crippen LogP contribution < -0.4 is 0 Å². The van der Waals surface area contributed by atoms with Gasteiger partial charge in [0.25, 0.3) is 0 Å². The van der Waals surface area contributed by atoms with Crippen molar-refractivity contribution in [1.29, 1.82) is 0 Å². The lowest BCUT2D eigenvalue weighted by molar-refractivity contribution is 0.669. The summed E-state index contributed by atoms with van der Waals surface area (Å²) in [5, 5.41) is 4.77. The third-order valence-electron chi connectivity index (χ3n) is 4.07. The predicted molar refractivity (Wildman–Crippen MR) is 90.8 cm³/mol. The first-order valence-corrected chi connectivity index (χ1v) is 7.62. The number of halogens is 1. The molecule has 0 amide bonds. The molecule has 0 aliphatic carbocycles. The summed E-state index contributed by atoms with van der Waals surface area (Å²) in [4.78, 5) is 3.55. The van der Waals surface area contributed by atoms with Crippen molar-refractivity contribution in [3.8, 4) is 0 Å². The summed E-state index contributed by atoms with van der Waals surface area (Å²) in [6.07, 6.45) is 0. The molecule has 3 heteroatoms. The van der Waals surface area contributed by atoms with Gasteiger partial charge in [0.15, 0.2) is 0 Å². The number of aromatic nitrogens is 1. The van der Waals surface area contributed by atoms with E-state index in [0.29, 0.717) is 0 Å². The van der Waals surface area contributed by atoms with Gasteiger partial charge in [-0.2, -0.15) is 0 Å². The number of H-pyrrole nitrogens is 1. The number of aromatic amines is 1. The van der Waals surface area contributed by atoms with Gasteiger partial charge in [-0.3, -0.25) is 0 Å². The van der Waals surface area contributed by atoms with E-state index in [4.69, 9.17) is 4.42 Å². The van der Waals surface area contributed by atoms with E-state index >= 15 is 0 Å². The molecule has 0 unspecified atom stereocenters. The summed E-state index contributed by atoms with van der Waals surface area (Å²) in [6, 6.07) is 18.7. The van der Waals surface area contributed by atoms with Gasteiger partial charge in [0.05, 0.1) is 10.9 Å². The second-order valence-corrected chi connectivity index (χ2v) is 6.19. The average Bonchev–Trinajstić information content (AvgIpc) is 3.04. The van der Waals surface area contributed by atoms with E-state index in [9.17, 15) is 0 Å². The fourth-order valence-corrected chi connectivity index (χ4v) is 3.51. The second-order valence-electron chi connectivity index (χ2n) is 5.27. The Kier molecular flexibility index (Phi) is 2.11. The van der Waals surface area contributed by atoms with E-state index in [1.165, 1.54) is 10.8 Å². The molecular formula is C18H10BrNO. The number of rotatable bonds is 0. The monoisotopic (exact) mass is 335 g/mol. The maximum Gasteiger partial charge on any atom is 0.137 e. The van der Waals surface area contributed by atoms with Crippen molar-refractivity contribution < 1.29 is 4.42 Å². The van der Waals surface area contributed by atoms with Crippen LogP contribution in [0.4, 0.5) is 0 Å². The van der Waals surface area contributed by atoms with Crippen LogP contribution in [0.2, 0.25) is 0 Å². The van der Waals surface area contributed by atoms with Crippen molar-refractivity contribution in [3.05, 3.63) is 59.1 Å². The fourth-order valence-electron chi connectivity index (χ4n) is 3.15. The van der Waals surface area contributed by atoms with Crippen LogP contribution in [0.5, 0.6) is 0 Å². The average molecular weight is 336 g/mol. The number of furan rings is 1. The molecule has 21 heavy (non-hydrogen) atoms. The number of hydrogen-bond acceptors (Lipinski definition) is 1. The first kappa shape index (κ1) is 11.4. The summed E-state index contributed by atoms with van der Waals surface area (Å²) < 4.78 is 7.04. The number of benzene rings is 3. The zero-order valence-electron chi connectivity index (χ0n) is 11.0. The van der Waals surface area contributed by atoms with Gasteiger partial charge in [0.1, 0.15) is 11.2 Å². The molecule has 0 fully saturated rings. The van der Waals surface area contributed by atoms with E-state index in [0.717, 1.165) is 37.4 Å². The van der Waals surface area contributed by atoms with Gasteiger partial charge >= 0.3 is 0 Å². The molecule has 0 bridgehead atoms. The van der Waals surface area contributed by atoms with Crippen molar-refractivity contribution >= 4 is 59.7 Å². The molecule has 2 heterocycles. The molecule has 2 aromatic heterocycles. The second kappa shape index (κ2) is 3.89. The highest BCUT2D eigenvalue weighted by Crippen LogP contribution is 2.37. The van der Waals surface area contributed by atoms with E-state index in [1.54, 1.807) is 0 Å². The topological polar surface area (TPSA) is 28.9 Å². The van der Waals surface area contributed by atoms with Crippen LogP contribution in [0.15, 0.2) is 63.5 Å². The minimum absolute atomic E-state index is 0.925. The zero-order valence-corrected chi connectivity index (χ0v) is 12.6. The molecule has 0 radical (unpaired) electrons. The molecule has 0 aliphatic heterocycles. The Morgan fingerprint density at radius 3 is 2.67 bits per heavy atom. The molecule has 1 N–H and O–H groups in total. The molecule has 0 atom stereocenters. The van der Waals surface area contributed by atoms with Crippen LogP contribution >= 0.6 is 15.9 Å². The lowest BCUT2D eigenvalue weighted by Crippen LogP contribution is -1.71. The van der Waals surface area contributed by atoms with Crippen molar-refractivity contribution in [2.75, 3.05) is 0 Å². The molecule has 0 spiro atoms. The quantitative estimate of drug-likeness (QED) is 0.370. The summed E-state index contributed by atoms with van der Waals surface area (Å²) in [5.41, 5.74) is 4.14. The maximum atomic E-state index is 5.95.